The van der Waals surface area contributed by atoms with Crippen molar-refractivity contribution in [1.82, 2.24) is 4.90 Å². The summed E-state index contributed by atoms with van der Waals surface area (Å²) in [5.74, 6) is 0.467. The first-order chi connectivity index (χ1) is 11.7. The maximum atomic E-state index is 12.3. The van der Waals surface area contributed by atoms with E-state index in [1.807, 2.05) is 32.9 Å². The summed E-state index contributed by atoms with van der Waals surface area (Å²) in [6.45, 7) is 7.40. The maximum absolute atomic E-state index is 12.3. The Hall–Kier alpha value is -2.24. The Morgan fingerprint density at radius 2 is 1.88 bits per heavy atom. The molecular formula is C19H25NO5. The summed E-state index contributed by atoms with van der Waals surface area (Å²) in [4.78, 5) is 25.8. The number of methoxy groups -OCH3 is 1. The van der Waals surface area contributed by atoms with Crippen molar-refractivity contribution in [3.8, 4) is 5.75 Å². The smallest absolute Gasteiger partial charge is 0.410 e. The molecule has 136 valence electrons. The van der Waals surface area contributed by atoms with Crippen molar-refractivity contribution < 1.29 is 23.8 Å². The van der Waals surface area contributed by atoms with Crippen LogP contribution in [0.1, 0.15) is 49.5 Å². The lowest BCUT2D eigenvalue weighted by Gasteiger charge is -2.39. The number of rotatable bonds is 1. The third kappa shape index (κ3) is 3.43. The van der Waals surface area contributed by atoms with Gasteiger partial charge >= 0.3 is 12.1 Å². The van der Waals surface area contributed by atoms with Crippen molar-refractivity contribution >= 4 is 12.1 Å². The molecule has 6 heteroatoms. The standard InChI is InChI=1S/C19H25NO5/c1-18(2,3)25-17(22)20-9-7-19(8-10-20)12-24-15-6-5-13(11-14(15)19)16(21)23-4/h5-6,11H,7-10,12H2,1-4H3. The van der Waals surface area contributed by atoms with E-state index in [1.54, 1.807) is 11.0 Å². The molecule has 1 amide bonds. The fraction of sp³-hybridized carbons (Fsp3) is 0.579. The lowest BCUT2D eigenvalue weighted by Crippen LogP contribution is -2.47. The number of carbonyl (C=O) groups is 2. The zero-order valence-electron chi connectivity index (χ0n) is 15.3. The van der Waals surface area contributed by atoms with Crippen LogP contribution in [0, 0.1) is 0 Å². The van der Waals surface area contributed by atoms with E-state index in [0.717, 1.165) is 24.2 Å². The first-order valence-corrected chi connectivity index (χ1v) is 8.58. The minimum atomic E-state index is -0.495. The highest BCUT2D eigenvalue weighted by atomic mass is 16.6. The molecule has 6 nitrogen and oxygen atoms in total. The van der Waals surface area contributed by atoms with Gasteiger partial charge in [0.25, 0.3) is 0 Å². The molecule has 2 aliphatic heterocycles. The lowest BCUT2D eigenvalue weighted by atomic mass is 9.74. The van der Waals surface area contributed by atoms with Gasteiger partial charge in [0.2, 0.25) is 0 Å². The SMILES string of the molecule is COC(=O)c1ccc2c(c1)C1(CCN(C(=O)OC(C)(C)C)CC1)CO2. The van der Waals surface area contributed by atoms with Crippen LogP contribution in [0.4, 0.5) is 4.79 Å². The number of piperidine rings is 1. The maximum Gasteiger partial charge on any atom is 0.410 e. The first-order valence-electron chi connectivity index (χ1n) is 8.58. The second-order valence-corrected chi connectivity index (χ2v) is 7.74. The summed E-state index contributed by atoms with van der Waals surface area (Å²) >= 11 is 0. The minimum absolute atomic E-state index is 0.155. The van der Waals surface area contributed by atoms with Crippen LogP contribution in [-0.2, 0) is 14.9 Å². The van der Waals surface area contributed by atoms with E-state index in [-0.39, 0.29) is 17.5 Å². The summed E-state index contributed by atoms with van der Waals surface area (Å²) in [6.07, 6.45) is 1.29. The highest BCUT2D eigenvalue weighted by molar-refractivity contribution is 5.90. The molecule has 3 rings (SSSR count). The predicted octanol–water partition coefficient (Wildman–Crippen LogP) is 3.13. The Kier molecular flexibility index (Phi) is 4.39. The largest absolute Gasteiger partial charge is 0.492 e. The van der Waals surface area contributed by atoms with Gasteiger partial charge in [0.05, 0.1) is 19.3 Å². The summed E-state index contributed by atoms with van der Waals surface area (Å²) in [7, 11) is 1.38. The van der Waals surface area contributed by atoms with Gasteiger partial charge in [-0.1, -0.05) is 0 Å². The second kappa shape index (κ2) is 6.24. The number of amides is 1. The summed E-state index contributed by atoms with van der Waals surface area (Å²) < 4.78 is 16.1. The number of hydrogen-bond acceptors (Lipinski definition) is 5. The molecule has 1 aromatic rings. The number of benzene rings is 1. The van der Waals surface area contributed by atoms with E-state index in [9.17, 15) is 9.59 Å². The number of ether oxygens (including phenoxy) is 3. The third-order valence-corrected chi connectivity index (χ3v) is 4.85. The zero-order chi connectivity index (χ0) is 18.2. The Labute approximate surface area is 148 Å². The van der Waals surface area contributed by atoms with Crippen LogP contribution in [0.3, 0.4) is 0 Å². The Bertz CT molecular complexity index is 684. The molecule has 0 atom stereocenters. The number of likely N-dealkylation sites (tertiary alicyclic amines) is 1. The monoisotopic (exact) mass is 347 g/mol. The molecule has 0 aromatic heterocycles. The number of fused-ring (bicyclic) bond motifs is 2. The summed E-state index contributed by atoms with van der Waals surface area (Å²) in [6, 6.07) is 5.42. The fourth-order valence-electron chi connectivity index (χ4n) is 3.47. The average molecular weight is 347 g/mol. The zero-order valence-corrected chi connectivity index (χ0v) is 15.3. The molecular weight excluding hydrogens is 322 g/mol. The van der Waals surface area contributed by atoms with Crippen LogP contribution in [0.25, 0.3) is 0 Å². The molecule has 25 heavy (non-hydrogen) atoms. The molecule has 0 radical (unpaired) electrons. The van der Waals surface area contributed by atoms with E-state index in [1.165, 1.54) is 7.11 Å². The van der Waals surface area contributed by atoms with Crippen LogP contribution in [0.15, 0.2) is 18.2 Å². The molecule has 2 aliphatic rings. The third-order valence-electron chi connectivity index (χ3n) is 4.85. The lowest BCUT2D eigenvalue weighted by molar-refractivity contribution is 0.0152. The number of carbonyl (C=O) groups excluding carboxylic acids is 2. The van der Waals surface area contributed by atoms with Gasteiger partial charge in [0, 0.05) is 24.1 Å². The Balaban J connectivity index is 1.75. The predicted molar refractivity (Wildman–Crippen MR) is 92.0 cm³/mol. The topological polar surface area (TPSA) is 65.1 Å². The van der Waals surface area contributed by atoms with E-state index in [4.69, 9.17) is 14.2 Å². The Morgan fingerprint density at radius 1 is 1.20 bits per heavy atom. The Morgan fingerprint density at radius 3 is 2.48 bits per heavy atom. The normalized spacial score (nSPS) is 18.5. The number of hydrogen-bond donors (Lipinski definition) is 0. The van der Waals surface area contributed by atoms with E-state index in [0.29, 0.717) is 25.3 Å². The molecule has 0 N–H and O–H groups in total. The van der Waals surface area contributed by atoms with Crippen LogP contribution in [0.2, 0.25) is 0 Å². The van der Waals surface area contributed by atoms with Crippen LogP contribution in [-0.4, -0.2) is 49.4 Å². The van der Waals surface area contributed by atoms with Crippen LogP contribution in [0.5, 0.6) is 5.75 Å². The summed E-state index contributed by atoms with van der Waals surface area (Å²) in [5.41, 5.74) is 0.919. The van der Waals surface area contributed by atoms with Gasteiger partial charge in [-0.25, -0.2) is 9.59 Å². The van der Waals surface area contributed by atoms with Crippen molar-refractivity contribution in [2.75, 3.05) is 26.8 Å². The first kappa shape index (κ1) is 17.6. The van der Waals surface area contributed by atoms with Crippen molar-refractivity contribution in [3.63, 3.8) is 0 Å². The van der Waals surface area contributed by atoms with Gasteiger partial charge in [0.15, 0.2) is 0 Å². The molecule has 1 aromatic carbocycles. The molecule has 1 spiro atoms. The van der Waals surface area contributed by atoms with E-state index in [2.05, 4.69) is 0 Å². The van der Waals surface area contributed by atoms with E-state index >= 15 is 0 Å². The molecule has 0 bridgehead atoms. The van der Waals surface area contributed by atoms with Crippen LogP contribution < -0.4 is 4.74 Å². The fourth-order valence-corrected chi connectivity index (χ4v) is 3.47. The minimum Gasteiger partial charge on any atom is -0.492 e. The molecule has 1 fully saturated rings. The van der Waals surface area contributed by atoms with Gasteiger partial charge in [0.1, 0.15) is 11.4 Å². The average Bonchev–Trinajstić information content (AvgIpc) is 2.91. The molecule has 0 aliphatic carbocycles. The molecule has 2 heterocycles. The quantitative estimate of drug-likeness (QED) is 0.730. The van der Waals surface area contributed by atoms with Crippen LogP contribution >= 0.6 is 0 Å². The molecule has 0 saturated carbocycles. The van der Waals surface area contributed by atoms with Crippen molar-refractivity contribution in [2.24, 2.45) is 0 Å². The van der Waals surface area contributed by atoms with Gasteiger partial charge in [-0.2, -0.15) is 0 Å². The van der Waals surface area contributed by atoms with Crippen molar-refractivity contribution in [1.29, 1.82) is 0 Å². The van der Waals surface area contributed by atoms with Gasteiger partial charge in [-0.05, 0) is 51.8 Å². The van der Waals surface area contributed by atoms with Crippen molar-refractivity contribution in [3.05, 3.63) is 29.3 Å². The summed E-state index contributed by atoms with van der Waals surface area (Å²) in [5, 5.41) is 0. The van der Waals surface area contributed by atoms with Gasteiger partial charge < -0.3 is 19.1 Å². The number of nitrogens with zero attached hydrogens (tertiary/aromatic N) is 1. The van der Waals surface area contributed by atoms with E-state index < -0.39 is 5.60 Å². The highest BCUT2D eigenvalue weighted by Gasteiger charge is 2.44. The number of esters is 1. The van der Waals surface area contributed by atoms with Crippen molar-refractivity contribution in [2.45, 2.75) is 44.6 Å². The van der Waals surface area contributed by atoms with Gasteiger partial charge in [-0.15, -0.1) is 0 Å². The second-order valence-electron chi connectivity index (χ2n) is 7.74. The highest BCUT2D eigenvalue weighted by Crippen LogP contribution is 2.46. The molecule has 1 saturated heterocycles. The molecule has 0 unspecified atom stereocenters. The van der Waals surface area contributed by atoms with Gasteiger partial charge in [-0.3, -0.25) is 0 Å².